The number of rotatable bonds is 3. The molecule has 3 nitrogen and oxygen atoms in total. The van der Waals surface area contributed by atoms with Crippen molar-refractivity contribution in [1.82, 2.24) is 9.88 Å². The van der Waals surface area contributed by atoms with Crippen LogP contribution in [0.1, 0.15) is 36.7 Å². The van der Waals surface area contributed by atoms with E-state index in [9.17, 15) is 0 Å². The molecule has 0 amide bonds. The highest BCUT2D eigenvalue weighted by atomic mass is 32.2. The Labute approximate surface area is 180 Å². The van der Waals surface area contributed by atoms with Crippen LogP contribution in [-0.4, -0.2) is 26.8 Å². The summed E-state index contributed by atoms with van der Waals surface area (Å²) < 4.78 is 0. The second-order valence-corrected chi connectivity index (χ2v) is 9.06. The maximum Gasteiger partial charge on any atom is 0.160 e. The van der Waals surface area contributed by atoms with Crippen LogP contribution >= 0.6 is 11.8 Å². The van der Waals surface area contributed by atoms with E-state index in [4.69, 9.17) is 9.98 Å². The summed E-state index contributed by atoms with van der Waals surface area (Å²) in [6.45, 7) is 2.29. The zero-order valence-electron chi connectivity index (χ0n) is 16.9. The molecule has 0 unspecified atom stereocenters. The molecule has 0 N–H and O–H groups in total. The topological polar surface area (TPSA) is 28.5 Å². The van der Waals surface area contributed by atoms with E-state index in [-0.39, 0.29) is 12.1 Å². The Hall–Kier alpha value is -2.85. The average Bonchev–Trinajstić information content (AvgIpc) is 3.37. The average molecular weight is 410 g/mol. The SMILES string of the molecule is CC[C@@H]1CSC2=N[C@H](c3ccccn3)[C@H](c3c4ccccc4cc4ccccc34)N21. The number of aliphatic imine (C=N–C) groups is 1. The first kappa shape index (κ1) is 18.0. The minimum absolute atomic E-state index is 0.0114. The van der Waals surface area contributed by atoms with Crippen LogP contribution in [0.5, 0.6) is 0 Å². The molecule has 0 aliphatic carbocycles. The highest BCUT2D eigenvalue weighted by Crippen LogP contribution is 2.51. The maximum atomic E-state index is 5.23. The third-order valence-corrected chi connectivity index (χ3v) is 7.56. The number of pyridine rings is 1. The molecule has 0 radical (unpaired) electrons. The Morgan fingerprint density at radius 2 is 1.63 bits per heavy atom. The van der Waals surface area contributed by atoms with Crippen molar-refractivity contribution in [2.45, 2.75) is 31.5 Å². The fraction of sp³-hybridized carbons (Fsp3) is 0.231. The molecule has 148 valence electrons. The molecule has 3 atom stereocenters. The Balaban J connectivity index is 1.66. The summed E-state index contributed by atoms with van der Waals surface area (Å²) >= 11 is 1.90. The van der Waals surface area contributed by atoms with E-state index in [1.54, 1.807) is 0 Å². The monoisotopic (exact) mass is 409 g/mol. The molecule has 4 heteroatoms. The molecule has 0 spiro atoms. The van der Waals surface area contributed by atoms with Gasteiger partial charge in [0.1, 0.15) is 6.04 Å². The van der Waals surface area contributed by atoms with E-state index in [0.29, 0.717) is 6.04 Å². The van der Waals surface area contributed by atoms with Gasteiger partial charge in [0, 0.05) is 18.0 Å². The van der Waals surface area contributed by atoms with E-state index in [0.717, 1.165) is 17.9 Å². The number of thioether (sulfide) groups is 1. The molecule has 3 aromatic carbocycles. The first-order valence-corrected chi connectivity index (χ1v) is 11.6. The standard InChI is InChI=1S/C26H23N3S/c1-2-19-16-30-26-28-24(22-13-7-8-14-27-22)25(29(19)26)23-20-11-5-3-9-17(20)15-18-10-4-6-12-21(18)23/h3-15,19,24-25H,2,16H2,1H3/t19-,24-,25+/m1/s1. The number of hydrogen-bond donors (Lipinski definition) is 0. The molecule has 1 fully saturated rings. The number of amidine groups is 1. The van der Waals surface area contributed by atoms with Crippen molar-refractivity contribution in [3.63, 3.8) is 0 Å². The van der Waals surface area contributed by atoms with Crippen LogP contribution in [0.3, 0.4) is 0 Å². The van der Waals surface area contributed by atoms with E-state index < -0.39 is 0 Å². The Bertz CT molecular complexity index is 1210. The summed E-state index contributed by atoms with van der Waals surface area (Å²) in [5.74, 6) is 1.11. The number of fused-ring (bicyclic) bond motifs is 3. The molecule has 1 saturated heterocycles. The molecule has 4 aromatic rings. The second kappa shape index (κ2) is 7.13. The van der Waals surface area contributed by atoms with Gasteiger partial charge in [0.05, 0.1) is 11.7 Å². The molecule has 0 saturated carbocycles. The summed E-state index contributed by atoms with van der Waals surface area (Å²) in [5.41, 5.74) is 2.44. The van der Waals surface area contributed by atoms with Crippen molar-refractivity contribution in [2.75, 3.05) is 5.75 Å². The number of nitrogens with zero attached hydrogens (tertiary/aromatic N) is 3. The molecule has 30 heavy (non-hydrogen) atoms. The molecule has 0 bridgehead atoms. The summed E-state index contributed by atoms with van der Waals surface area (Å²) in [7, 11) is 0. The van der Waals surface area contributed by atoms with Crippen LogP contribution in [0.25, 0.3) is 21.5 Å². The van der Waals surface area contributed by atoms with Gasteiger partial charge in [-0.05, 0) is 51.7 Å². The van der Waals surface area contributed by atoms with Crippen molar-refractivity contribution in [3.8, 4) is 0 Å². The molecule has 6 rings (SSSR count). The predicted octanol–water partition coefficient (Wildman–Crippen LogP) is 6.37. The third-order valence-electron chi connectivity index (χ3n) is 6.44. The third kappa shape index (κ3) is 2.67. The second-order valence-electron chi connectivity index (χ2n) is 8.07. The fourth-order valence-electron chi connectivity index (χ4n) is 5.03. The normalized spacial score (nSPS) is 23.2. The van der Waals surface area contributed by atoms with Crippen molar-refractivity contribution in [3.05, 3.63) is 90.3 Å². The van der Waals surface area contributed by atoms with E-state index in [1.807, 2.05) is 24.0 Å². The van der Waals surface area contributed by atoms with Gasteiger partial charge in [-0.15, -0.1) is 0 Å². The van der Waals surface area contributed by atoms with Crippen LogP contribution in [0.4, 0.5) is 0 Å². The zero-order chi connectivity index (χ0) is 20.1. The molecular weight excluding hydrogens is 386 g/mol. The predicted molar refractivity (Wildman–Crippen MR) is 127 cm³/mol. The first-order valence-electron chi connectivity index (χ1n) is 10.7. The summed E-state index contributed by atoms with van der Waals surface area (Å²) in [5, 5.41) is 6.41. The smallest absolute Gasteiger partial charge is 0.160 e. The molecule has 3 heterocycles. The fourth-order valence-corrected chi connectivity index (χ4v) is 6.37. The van der Waals surface area contributed by atoms with Crippen molar-refractivity contribution < 1.29 is 0 Å². The van der Waals surface area contributed by atoms with Crippen molar-refractivity contribution in [2.24, 2.45) is 4.99 Å². The summed E-state index contributed by atoms with van der Waals surface area (Å²) in [4.78, 5) is 12.6. The first-order chi connectivity index (χ1) is 14.8. The number of hydrogen-bond acceptors (Lipinski definition) is 4. The van der Waals surface area contributed by atoms with Gasteiger partial charge in [-0.3, -0.25) is 9.98 Å². The zero-order valence-corrected chi connectivity index (χ0v) is 17.7. The molecule has 2 aliphatic heterocycles. The minimum Gasteiger partial charge on any atom is -0.338 e. The Morgan fingerprint density at radius 3 is 2.30 bits per heavy atom. The van der Waals surface area contributed by atoms with Crippen molar-refractivity contribution in [1.29, 1.82) is 0 Å². The lowest BCUT2D eigenvalue weighted by Gasteiger charge is -2.33. The van der Waals surface area contributed by atoms with Gasteiger partial charge < -0.3 is 4.90 Å². The van der Waals surface area contributed by atoms with Gasteiger partial charge in [0.25, 0.3) is 0 Å². The molecule has 2 aliphatic rings. The lowest BCUT2D eigenvalue weighted by molar-refractivity contribution is 0.258. The van der Waals surface area contributed by atoms with Crippen LogP contribution in [0.15, 0.2) is 84.0 Å². The Kier molecular flexibility index (Phi) is 4.27. The van der Waals surface area contributed by atoms with Gasteiger partial charge in [0.2, 0.25) is 0 Å². The number of aromatic nitrogens is 1. The van der Waals surface area contributed by atoms with Crippen LogP contribution in [0.2, 0.25) is 0 Å². The largest absolute Gasteiger partial charge is 0.338 e. The lowest BCUT2D eigenvalue weighted by Crippen LogP contribution is -2.35. The van der Waals surface area contributed by atoms with Gasteiger partial charge in [0.15, 0.2) is 5.17 Å². The highest BCUT2D eigenvalue weighted by Gasteiger charge is 2.46. The van der Waals surface area contributed by atoms with E-state index >= 15 is 0 Å². The van der Waals surface area contributed by atoms with Gasteiger partial charge in [-0.1, -0.05) is 73.3 Å². The maximum absolute atomic E-state index is 5.23. The quantitative estimate of drug-likeness (QED) is 0.368. The Morgan fingerprint density at radius 1 is 0.933 bits per heavy atom. The van der Waals surface area contributed by atoms with Crippen LogP contribution in [-0.2, 0) is 0 Å². The van der Waals surface area contributed by atoms with Gasteiger partial charge in [-0.25, -0.2) is 0 Å². The van der Waals surface area contributed by atoms with Gasteiger partial charge in [-0.2, -0.15) is 0 Å². The highest BCUT2D eigenvalue weighted by molar-refractivity contribution is 8.14. The minimum atomic E-state index is 0.0114. The summed E-state index contributed by atoms with van der Waals surface area (Å²) in [6.07, 6.45) is 3.02. The van der Waals surface area contributed by atoms with E-state index in [2.05, 4.69) is 78.6 Å². The van der Waals surface area contributed by atoms with Crippen LogP contribution < -0.4 is 0 Å². The van der Waals surface area contributed by atoms with Gasteiger partial charge >= 0.3 is 0 Å². The van der Waals surface area contributed by atoms with Crippen LogP contribution in [0, 0.1) is 0 Å². The molecular formula is C26H23N3S. The molecule has 1 aromatic heterocycles. The lowest BCUT2D eigenvalue weighted by atomic mass is 9.87. The van der Waals surface area contributed by atoms with Crippen molar-refractivity contribution >= 4 is 38.5 Å². The van der Waals surface area contributed by atoms with E-state index in [1.165, 1.54) is 32.3 Å². The number of benzene rings is 3. The summed E-state index contributed by atoms with van der Waals surface area (Å²) in [6, 6.07) is 26.8.